The number of aromatic nitrogens is 10. The molecule has 0 N–H and O–H groups in total. The second-order valence-electron chi connectivity index (χ2n) is 26.0. The van der Waals surface area contributed by atoms with Crippen molar-refractivity contribution in [2.45, 2.75) is 0 Å². The number of fused-ring (bicyclic) bond motifs is 12. The Bertz CT molecular complexity index is 7030. The van der Waals surface area contributed by atoms with E-state index < -0.39 is 0 Å². The summed E-state index contributed by atoms with van der Waals surface area (Å²) in [5.74, 6) is 4.76. The lowest BCUT2D eigenvalue weighted by molar-refractivity contribution is 0.668. The number of nitriles is 1. The monoisotopic (exact) mass is 1420 g/mol. The molecule has 0 radical (unpaired) electrons. The summed E-state index contributed by atoms with van der Waals surface area (Å²) in [4.78, 5) is 50.6. The van der Waals surface area contributed by atoms with Gasteiger partial charge in [0.15, 0.2) is 46.6 Å². The van der Waals surface area contributed by atoms with E-state index in [4.69, 9.17) is 58.7 Å². The van der Waals surface area contributed by atoms with Crippen LogP contribution in [0.2, 0.25) is 0 Å². The Morgan fingerprint density at radius 2 is 0.593 bits per heavy atom. The molecule has 0 unspecified atom stereocenters. The highest BCUT2D eigenvalue weighted by Crippen LogP contribution is 2.46. The molecule has 0 spiro atoms. The van der Waals surface area contributed by atoms with Crippen molar-refractivity contribution in [3.63, 3.8) is 0 Å². The van der Waals surface area contributed by atoms with Crippen molar-refractivity contribution in [2.24, 2.45) is 0 Å². The zero-order chi connectivity index (χ0) is 71.6. The molecule has 0 amide bonds. The zero-order valence-electron chi connectivity index (χ0n) is 57.2. The number of hydrogen-bond donors (Lipinski definition) is 0. The van der Waals surface area contributed by atoms with Gasteiger partial charge in [-0.15, -0.1) is 22.7 Å². The first-order valence-corrected chi connectivity index (χ1v) is 36.8. The minimum atomic E-state index is 0.508. The Morgan fingerprint density at radius 3 is 1.06 bits per heavy atom. The van der Waals surface area contributed by atoms with Crippen LogP contribution in [-0.2, 0) is 0 Å². The summed E-state index contributed by atoms with van der Waals surface area (Å²) >= 11 is 3.38. The van der Waals surface area contributed by atoms with E-state index in [1.54, 1.807) is 28.7 Å². The van der Waals surface area contributed by atoms with Crippen molar-refractivity contribution < 1.29 is 8.83 Å². The van der Waals surface area contributed by atoms with Gasteiger partial charge in [-0.3, -0.25) is 0 Å². The molecule has 0 saturated heterocycles. The quantitative estimate of drug-likeness (QED) is 0.120. The molecule has 13 aromatic carbocycles. The first-order chi connectivity index (χ1) is 53.4. The summed E-state index contributed by atoms with van der Waals surface area (Å²) in [5.41, 5.74) is 18.1. The molecule has 13 nitrogen and oxygen atoms in total. The van der Waals surface area contributed by atoms with Crippen molar-refractivity contribution in [3.8, 4) is 131 Å². The van der Waals surface area contributed by atoms with E-state index in [1.165, 1.54) is 4.70 Å². The summed E-state index contributed by atoms with van der Waals surface area (Å²) in [7, 11) is 0. The fourth-order valence-corrected chi connectivity index (χ4v) is 16.6. The average Bonchev–Trinajstić information content (AvgIpc) is 1.59. The maximum absolute atomic E-state index is 9.92. The number of thiophene rings is 2. The summed E-state index contributed by atoms with van der Waals surface area (Å²) in [6.07, 6.45) is 0. The number of furan rings is 2. The van der Waals surface area contributed by atoms with Crippen LogP contribution >= 0.6 is 22.7 Å². The van der Waals surface area contributed by atoms with Gasteiger partial charge in [0.2, 0.25) is 0 Å². The summed E-state index contributed by atoms with van der Waals surface area (Å²) in [6.45, 7) is 0. The molecule has 0 saturated carbocycles. The molecule has 0 aliphatic heterocycles. The van der Waals surface area contributed by atoms with Crippen molar-refractivity contribution in [2.75, 3.05) is 0 Å². The van der Waals surface area contributed by atoms with E-state index in [1.807, 2.05) is 194 Å². The van der Waals surface area contributed by atoms with E-state index in [9.17, 15) is 5.26 Å². The molecule has 0 aliphatic rings. The van der Waals surface area contributed by atoms with E-state index in [0.717, 1.165) is 147 Å². The first kappa shape index (κ1) is 63.3. The normalized spacial score (nSPS) is 11.5. The van der Waals surface area contributed by atoms with Crippen LogP contribution in [0.1, 0.15) is 5.56 Å². The molecule has 8 aromatic heterocycles. The van der Waals surface area contributed by atoms with Crippen molar-refractivity contribution >= 4 is 107 Å². The number of hydrogen-bond acceptors (Lipinski definition) is 15. The molecule has 504 valence electrons. The van der Waals surface area contributed by atoms with Crippen LogP contribution < -0.4 is 0 Å². The van der Waals surface area contributed by atoms with Gasteiger partial charge in [-0.2, -0.15) is 5.26 Å². The maximum atomic E-state index is 9.92. The van der Waals surface area contributed by atoms with Crippen LogP contribution in [0.3, 0.4) is 0 Å². The van der Waals surface area contributed by atoms with E-state index in [0.29, 0.717) is 63.3 Å². The standard InChI is InChI=1S/C49H29N5OS.C44H24N6OS/c1-4-14-30(15-5-1)33-20-12-21-35(28-33)48-50-43(45-44(51-48)37-22-10-11-25-41(37)56-45)34-26-27-36-40(29-34)55-39-24-13-23-38(42(36)39)49-53-46(31-16-6-2-7-17-31)52-47(54-49)32-18-8-3-9-19-32;45-25-29-16-7-8-17-30(29)43-46-38(40-39(47-43)32-18-9-10-21-36(32)52-40)28-22-23-31-35(24-28)51-34-20-11-19-33(37(31)34)44-49-41(26-12-3-1-4-13-26)48-42(50-44)27-14-5-2-6-15-27/h1-29H;1-24H. The molecule has 0 atom stereocenters. The Kier molecular flexibility index (Phi) is 15.6. The van der Waals surface area contributed by atoms with Crippen molar-refractivity contribution in [1.29, 1.82) is 5.26 Å². The zero-order valence-corrected chi connectivity index (χ0v) is 58.8. The van der Waals surface area contributed by atoms with Crippen LogP contribution in [0.25, 0.3) is 209 Å². The second-order valence-corrected chi connectivity index (χ2v) is 28.1. The molecule has 15 heteroatoms. The fraction of sp³-hybridized carbons (Fsp3) is 0. The molecule has 0 bridgehead atoms. The molecule has 108 heavy (non-hydrogen) atoms. The van der Waals surface area contributed by atoms with Gasteiger partial charge in [0.1, 0.15) is 22.3 Å². The SMILES string of the molecule is N#Cc1ccccc1-c1nc(-c2ccc3c(c2)oc2cccc(-c4nc(-c5ccccc5)nc(-c5ccccc5)n4)c23)c2sc3ccccc3c2n1.c1ccc(-c2cccc(-c3nc(-c4ccc5c(c4)oc4cccc(-c6nc(-c7ccccc7)nc(-c7ccccc7)n6)c45)c4sc5ccccc5c4n3)c2)cc1. The summed E-state index contributed by atoms with van der Waals surface area (Å²) < 4.78 is 17.5. The minimum Gasteiger partial charge on any atom is -0.456 e. The van der Waals surface area contributed by atoms with Crippen LogP contribution in [0, 0.1) is 11.3 Å². The minimum absolute atomic E-state index is 0.508. The van der Waals surface area contributed by atoms with Gasteiger partial charge in [-0.25, -0.2) is 49.8 Å². The average molecular weight is 1420 g/mol. The number of benzene rings is 13. The van der Waals surface area contributed by atoms with Crippen molar-refractivity contribution in [1.82, 2.24) is 49.8 Å². The van der Waals surface area contributed by atoms with Gasteiger partial charge in [0, 0.05) is 97.4 Å². The Labute approximate surface area is 624 Å². The van der Waals surface area contributed by atoms with Gasteiger partial charge in [-0.1, -0.05) is 255 Å². The van der Waals surface area contributed by atoms with Crippen LogP contribution in [0.5, 0.6) is 0 Å². The fourth-order valence-electron chi connectivity index (χ4n) is 14.2. The molecule has 0 aliphatic carbocycles. The molecular formula is C93H53N11O2S2. The molecule has 21 aromatic rings. The Hall–Kier alpha value is -14.4. The predicted molar refractivity (Wildman–Crippen MR) is 436 cm³/mol. The third kappa shape index (κ3) is 11.4. The summed E-state index contributed by atoms with van der Waals surface area (Å²) in [6, 6.07) is 110. The van der Waals surface area contributed by atoms with E-state index in [2.05, 4.69) is 127 Å². The highest BCUT2D eigenvalue weighted by atomic mass is 32.1. The summed E-state index contributed by atoms with van der Waals surface area (Å²) in [5, 5.41) is 15.9. The first-order valence-electron chi connectivity index (χ1n) is 35.1. The van der Waals surface area contributed by atoms with E-state index >= 15 is 0 Å². The molecule has 0 fully saturated rings. The lowest BCUT2D eigenvalue weighted by atomic mass is 10.0. The smallest absolute Gasteiger partial charge is 0.164 e. The lowest BCUT2D eigenvalue weighted by Gasteiger charge is -2.09. The number of nitrogens with zero attached hydrogens (tertiary/aromatic N) is 11. The van der Waals surface area contributed by atoms with Crippen LogP contribution in [0.15, 0.2) is 330 Å². The third-order valence-corrected chi connectivity index (χ3v) is 21.7. The van der Waals surface area contributed by atoms with Gasteiger partial charge in [-0.05, 0) is 77.9 Å². The van der Waals surface area contributed by atoms with Gasteiger partial charge in [0.05, 0.1) is 43.5 Å². The third-order valence-electron chi connectivity index (χ3n) is 19.4. The Morgan fingerprint density at radius 1 is 0.241 bits per heavy atom. The maximum Gasteiger partial charge on any atom is 0.164 e. The van der Waals surface area contributed by atoms with Crippen LogP contribution in [0.4, 0.5) is 0 Å². The molecular weight excluding hydrogens is 1370 g/mol. The van der Waals surface area contributed by atoms with Crippen LogP contribution in [-0.4, -0.2) is 49.8 Å². The topological polar surface area (TPSA) is 179 Å². The Balaban J connectivity index is 0.000000143. The lowest BCUT2D eigenvalue weighted by Crippen LogP contribution is -2.00. The van der Waals surface area contributed by atoms with Crippen molar-refractivity contribution in [3.05, 3.63) is 327 Å². The van der Waals surface area contributed by atoms with Gasteiger partial charge >= 0.3 is 0 Å². The number of rotatable bonds is 11. The second kappa shape index (κ2) is 26.7. The molecule has 21 rings (SSSR count). The largest absolute Gasteiger partial charge is 0.456 e. The molecule has 8 heterocycles. The van der Waals surface area contributed by atoms with Gasteiger partial charge in [0.25, 0.3) is 0 Å². The van der Waals surface area contributed by atoms with Gasteiger partial charge < -0.3 is 8.83 Å². The highest BCUT2D eigenvalue weighted by molar-refractivity contribution is 7.26. The highest BCUT2D eigenvalue weighted by Gasteiger charge is 2.25. The predicted octanol–water partition coefficient (Wildman–Crippen LogP) is 24.1. The van der Waals surface area contributed by atoms with E-state index in [-0.39, 0.29) is 0 Å².